The number of nitrogens with one attached hydrogen (secondary N) is 2. The summed E-state index contributed by atoms with van der Waals surface area (Å²) in [5, 5.41) is 7.36. The van der Waals surface area contributed by atoms with Gasteiger partial charge in [-0.2, -0.15) is 0 Å². The summed E-state index contributed by atoms with van der Waals surface area (Å²) in [6.45, 7) is 3.35. The third kappa shape index (κ3) is 4.02. The van der Waals surface area contributed by atoms with Gasteiger partial charge in [0, 0.05) is 30.7 Å². The molecule has 1 aliphatic heterocycles. The summed E-state index contributed by atoms with van der Waals surface area (Å²) < 4.78 is 22.1. The Kier molecular flexibility index (Phi) is 6.39. The number of rotatable bonds is 7. The fraction of sp³-hybridized carbons (Fsp3) is 0.684. The second kappa shape index (κ2) is 8.74. The number of methoxy groups -OCH3 is 3. The van der Waals surface area contributed by atoms with Gasteiger partial charge in [-0.25, -0.2) is 0 Å². The molecule has 0 amide bonds. The Morgan fingerprint density at radius 1 is 1.12 bits per heavy atom. The molecule has 2 fully saturated rings. The van der Waals surface area contributed by atoms with Gasteiger partial charge in [-0.05, 0) is 24.8 Å². The van der Waals surface area contributed by atoms with Crippen LogP contribution in [0.5, 0.6) is 17.2 Å². The quantitative estimate of drug-likeness (QED) is 0.784. The van der Waals surface area contributed by atoms with E-state index in [0.29, 0.717) is 29.5 Å². The Balaban J connectivity index is 1.68. The lowest BCUT2D eigenvalue weighted by Gasteiger charge is -2.33. The fourth-order valence-corrected chi connectivity index (χ4v) is 4.13. The molecule has 1 aromatic rings. The molecule has 0 bridgehead atoms. The Hall–Kier alpha value is -1.50. The van der Waals surface area contributed by atoms with E-state index in [4.69, 9.17) is 18.9 Å². The lowest BCUT2D eigenvalue weighted by molar-refractivity contribution is 0.0524. The molecule has 3 unspecified atom stereocenters. The van der Waals surface area contributed by atoms with Gasteiger partial charge in [0.2, 0.25) is 5.75 Å². The van der Waals surface area contributed by atoms with Gasteiger partial charge in [0.25, 0.3) is 0 Å². The molecule has 1 heterocycles. The predicted molar refractivity (Wildman–Crippen MR) is 96.7 cm³/mol. The summed E-state index contributed by atoms with van der Waals surface area (Å²) in [6, 6.07) is 4.93. The molecule has 1 aliphatic carbocycles. The Labute approximate surface area is 150 Å². The Morgan fingerprint density at radius 3 is 2.64 bits per heavy atom. The van der Waals surface area contributed by atoms with Gasteiger partial charge in [0.05, 0.1) is 34.5 Å². The van der Waals surface area contributed by atoms with E-state index in [-0.39, 0.29) is 0 Å². The third-order valence-corrected chi connectivity index (χ3v) is 5.38. The van der Waals surface area contributed by atoms with Gasteiger partial charge < -0.3 is 29.6 Å². The van der Waals surface area contributed by atoms with E-state index in [1.807, 2.05) is 12.1 Å². The number of ether oxygens (including phenoxy) is 4. The van der Waals surface area contributed by atoms with E-state index >= 15 is 0 Å². The highest BCUT2D eigenvalue weighted by Crippen LogP contribution is 2.40. The van der Waals surface area contributed by atoms with E-state index in [0.717, 1.165) is 37.6 Å². The Morgan fingerprint density at radius 2 is 1.96 bits per heavy atom. The van der Waals surface area contributed by atoms with Crippen LogP contribution in [-0.2, 0) is 11.3 Å². The maximum atomic E-state index is 5.66. The molecule has 25 heavy (non-hydrogen) atoms. The van der Waals surface area contributed by atoms with Crippen LogP contribution in [0.3, 0.4) is 0 Å². The molecule has 1 saturated heterocycles. The first kappa shape index (κ1) is 18.3. The summed E-state index contributed by atoms with van der Waals surface area (Å²) in [5.41, 5.74) is 1.08. The largest absolute Gasteiger partial charge is 0.493 e. The van der Waals surface area contributed by atoms with E-state index < -0.39 is 0 Å². The van der Waals surface area contributed by atoms with Gasteiger partial charge in [-0.3, -0.25) is 0 Å². The fourth-order valence-electron chi connectivity index (χ4n) is 4.13. The van der Waals surface area contributed by atoms with Crippen molar-refractivity contribution < 1.29 is 18.9 Å². The minimum absolute atomic E-state index is 0.459. The molecule has 3 atom stereocenters. The zero-order valence-electron chi connectivity index (χ0n) is 15.5. The molecule has 1 aromatic carbocycles. The molecule has 0 aromatic heterocycles. The highest BCUT2D eigenvalue weighted by Gasteiger charge is 2.34. The maximum absolute atomic E-state index is 5.66. The molecule has 0 spiro atoms. The van der Waals surface area contributed by atoms with Gasteiger partial charge in [-0.1, -0.05) is 12.5 Å². The SMILES string of the molecule is COc1ccc(CNC2CCCC2C2COCCN2)c(OC)c1OC. The van der Waals surface area contributed by atoms with Crippen LogP contribution in [0.2, 0.25) is 0 Å². The van der Waals surface area contributed by atoms with Crippen LogP contribution in [0.4, 0.5) is 0 Å². The van der Waals surface area contributed by atoms with Gasteiger partial charge in [0.15, 0.2) is 11.5 Å². The van der Waals surface area contributed by atoms with Crippen molar-refractivity contribution in [3.63, 3.8) is 0 Å². The zero-order valence-corrected chi connectivity index (χ0v) is 15.5. The first-order valence-electron chi connectivity index (χ1n) is 9.10. The van der Waals surface area contributed by atoms with Crippen molar-refractivity contribution in [3.8, 4) is 17.2 Å². The molecule has 2 aliphatic rings. The summed E-state index contributed by atoms with van der Waals surface area (Å²) in [4.78, 5) is 0. The van der Waals surface area contributed by atoms with Gasteiger partial charge in [0.1, 0.15) is 0 Å². The molecule has 6 nitrogen and oxygen atoms in total. The number of hydrogen-bond acceptors (Lipinski definition) is 6. The van der Waals surface area contributed by atoms with Crippen molar-refractivity contribution in [2.45, 2.75) is 37.9 Å². The van der Waals surface area contributed by atoms with Crippen molar-refractivity contribution in [3.05, 3.63) is 17.7 Å². The van der Waals surface area contributed by atoms with Crippen molar-refractivity contribution in [2.75, 3.05) is 41.1 Å². The van der Waals surface area contributed by atoms with Crippen molar-refractivity contribution in [1.29, 1.82) is 0 Å². The first-order chi connectivity index (χ1) is 12.3. The predicted octanol–water partition coefficient (Wildman–Crippen LogP) is 1.96. The second-order valence-corrected chi connectivity index (χ2v) is 6.71. The molecular weight excluding hydrogens is 320 g/mol. The van der Waals surface area contributed by atoms with E-state index in [9.17, 15) is 0 Å². The molecule has 6 heteroatoms. The maximum Gasteiger partial charge on any atom is 0.203 e. The van der Waals surface area contributed by atoms with E-state index in [1.165, 1.54) is 19.3 Å². The minimum atomic E-state index is 0.459. The minimum Gasteiger partial charge on any atom is -0.493 e. The lowest BCUT2D eigenvalue weighted by atomic mass is 9.94. The topological polar surface area (TPSA) is 61.0 Å². The summed E-state index contributed by atoms with van der Waals surface area (Å²) in [7, 11) is 4.94. The molecular formula is C19H30N2O4. The number of hydrogen-bond donors (Lipinski definition) is 2. The average molecular weight is 350 g/mol. The molecule has 0 radical (unpaired) electrons. The third-order valence-electron chi connectivity index (χ3n) is 5.38. The smallest absolute Gasteiger partial charge is 0.203 e. The summed E-state index contributed by atoms with van der Waals surface area (Å²) in [5.74, 6) is 2.69. The molecule has 1 saturated carbocycles. The van der Waals surface area contributed by atoms with E-state index in [1.54, 1.807) is 21.3 Å². The average Bonchev–Trinajstić information content (AvgIpc) is 3.14. The van der Waals surface area contributed by atoms with Crippen LogP contribution in [-0.4, -0.2) is 53.2 Å². The highest BCUT2D eigenvalue weighted by molar-refractivity contribution is 5.55. The molecule has 3 rings (SSSR count). The second-order valence-electron chi connectivity index (χ2n) is 6.71. The van der Waals surface area contributed by atoms with E-state index in [2.05, 4.69) is 10.6 Å². The lowest BCUT2D eigenvalue weighted by Crippen LogP contribution is -2.50. The van der Waals surface area contributed by atoms with Crippen LogP contribution in [0.15, 0.2) is 12.1 Å². The standard InChI is InChI=1S/C19H30N2O4/c1-22-17-8-7-13(18(23-2)19(17)24-3)11-21-15-6-4-5-14(15)16-12-25-10-9-20-16/h7-8,14-16,20-21H,4-6,9-12H2,1-3H3. The monoisotopic (exact) mass is 350 g/mol. The van der Waals surface area contributed by atoms with Crippen LogP contribution >= 0.6 is 0 Å². The first-order valence-corrected chi connectivity index (χ1v) is 9.10. The number of morpholine rings is 1. The van der Waals surface area contributed by atoms with Crippen LogP contribution in [0.25, 0.3) is 0 Å². The highest BCUT2D eigenvalue weighted by atomic mass is 16.5. The van der Waals surface area contributed by atoms with Gasteiger partial charge in [-0.15, -0.1) is 0 Å². The van der Waals surface area contributed by atoms with Crippen LogP contribution in [0.1, 0.15) is 24.8 Å². The summed E-state index contributed by atoms with van der Waals surface area (Å²) in [6.07, 6.45) is 3.73. The summed E-state index contributed by atoms with van der Waals surface area (Å²) >= 11 is 0. The van der Waals surface area contributed by atoms with Crippen LogP contribution < -0.4 is 24.8 Å². The Bertz CT molecular complexity index is 561. The normalized spacial score (nSPS) is 26.4. The van der Waals surface area contributed by atoms with Crippen LogP contribution in [0, 0.1) is 5.92 Å². The molecule has 140 valence electrons. The number of benzene rings is 1. The van der Waals surface area contributed by atoms with Crippen molar-refractivity contribution in [1.82, 2.24) is 10.6 Å². The zero-order chi connectivity index (χ0) is 17.6. The molecule has 2 N–H and O–H groups in total. The van der Waals surface area contributed by atoms with Crippen molar-refractivity contribution in [2.24, 2.45) is 5.92 Å². The van der Waals surface area contributed by atoms with Crippen molar-refractivity contribution >= 4 is 0 Å². The van der Waals surface area contributed by atoms with Gasteiger partial charge >= 0.3 is 0 Å².